The molecule has 17 heavy (non-hydrogen) atoms. The predicted molar refractivity (Wildman–Crippen MR) is 59.2 cm³/mol. The van der Waals surface area contributed by atoms with Gasteiger partial charge in [-0.2, -0.15) is 0 Å². The molecule has 6 nitrogen and oxygen atoms in total. The molecule has 1 unspecified atom stereocenters. The lowest BCUT2D eigenvalue weighted by molar-refractivity contribution is -0.146. The van der Waals surface area contributed by atoms with Crippen LogP contribution in [0.1, 0.15) is 26.7 Å². The Kier molecular flexibility index (Phi) is 7.13. The van der Waals surface area contributed by atoms with Gasteiger partial charge in [-0.05, 0) is 12.8 Å². The molecule has 0 amide bonds. The molecule has 0 bridgehead atoms. The molecule has 0 rings (SSSR count). The summed E-state index contributed by atoms with van der Waals surface area (Å²) in [7, 11) is 0. The van der Waals surface area contributed by atoms with Crippen LogP contribution in [0.2, 0.25) is 0 Å². The van der Waals surface area contributed by atoms with Gasteiger partial charge in [0.25, 0.3) is 0 Å². The number of rotatable bonds is 8. The molecule has 100 valence electrons. The summed E-state index contributed by atoms with van der Waals surface area (Å²) in [6, 6.07) is 0. The van der Waals surface area contributed by atoms with Gasteiger partial charge in [-0.3, -0.25) is 9.59 Å². The van der Waals surface area contributed by atoms with Gasteiger partial charge in [0.15, 0.2) is 0 Å². The molecule has 0 spiro atoms. The molecule has 0 aliphatic rings. The van der Waals surface area contributed by atoms with Crippen molar-refractivity contribution in [3.63, 3.8) is 0 Å². The number of hydrogen-bond acceptors (Lipinski definition) is 6. The second-order valence-corrected chi connectivity index (χ2v) is 4.38. The van der Waals surface area contributed by atoms with E-state index in [-0.39, 0.29) is 25.4 Å². The van der Waals surface area contributed by atoms with Crippen LogP contribution < -0.4 is 0 Å². The highest BCUT2D eigenvalue weighted by molar-refractivity contribution is 6.39. The van der Waals surface area contributed by atoms with E-state index in [9.17, 15) is 19.8 Å². The number of ketones is 2. The largest absolute Gasteiger partial charge is 0.396 e. The zero-order valence-corrected chi connectivity index (χ0v) is 10.0. The average molecular weight is 248 g/mol. The minimum Gasteiger partial charge on any atom is -0.396 e. The van der Waals surface area contributed by atoms with E-state index in [0.29, 0.717) is 0 Å². The summed E-state index contributed by atoms with van der Waals surface area (Å²) in [5.74, 6) is -2.28. The van der Waals surface area contributed by atoms with Gasteiger partial charge in [0.2, 0.25) is 11.6 Å². The van der Waals surface area contributed by atoms with Crippen LogP contribution in [0.25, 0.3) is 0 Å². The van der Waals surface area contributed by atoms with Crippen LogP contribution in [-0.4, -0.2) is 56.9 Å². The van der Waals surface area contributed by atoms with Gasteiger partial charge < -0.3 is 20.4 Å². The summed E-state index contributed by atoms with van der Waals surface area (Å²) in [5, 5.41) is 36.5. The minimum atomic E-state index is -1.82. The predicted octanol–water partition coefficient (Wildman–Crippen LogP) is -1.36. The fourth-order valence-corrected chi connectivity index (χ4v) is 1.30. The maximum absolute atomic E-state index is 11.4. The third-order valence-corrected chi connectivity index (χ3v) is 2.34. The topological polar surface area (TPSA) is 115 Å². The molecule has 0 radical (unpaired) electrons. The molecule has 4 atom stereocenters. The monoisotopic (exact) mass is 248 g/mol. The standard InChI is InChI=1S/C11H20O6/c1-6(5-12)3-8(14)10(16)11(17)9(15)4-7(2)13/h6-7,9,11-13,15,17H,3-5H2,1-2H3/t6?,7-,9+,11-/m1/s1. The summed E-state index contributed by atoms with van der Waals surface area (Å²) < 4.78 is 0. The van der Waals surface area contributed by atoms with Gasteiger partial charge in [-0.25, -0.2) is 0 Å². The lowest BCUT2D eigenvalue weighted by atomic mass is 9.96. The molecule has 0 aliphatic carbocycles. The molecule has 0 saturated heterocycles. The third-order valence-electron chi connectivity index (χ3n) is 2.34. The van der Waals surface area contributed by atoms with Gasteiger partial charge in [0.1, 0.15) is 6.10 Å². The molecule has 0 aromatic carbocycles. The summed E-state index contributed by atoms with van der Waals surface area (Å²) in [5.41, 5.74) is 0. The Hall–Kier alpha value is -0.820. The lowest BCUT2D eigenvalue weighted by Gasteiger charge is -2.17. The summed E-state index contributed by atoms with van der Waals surface area (Å²) in [6.45, 7) is 2.76. The van der Waals surface area contributed by atoms with E-state index in [0.717, 1.165) is 0 Å². The normalized spacial score (nSPS) is 18.2. The number of carbonyl (C=O) groups is 2. The molecule has 0 heterocycles. The fourth-order valence-electron chi connectivity index (χ4n) is 1.30. The molecule has 6 heteroatoms. The molecular weight excluding hydrogens is 228 g/mol. The summed E-state index contributed by atoms with van der Waals surface area (Å²) >= 11 is 0. The molecule has 0 aromatic rings. The number of aliphatic hydroxyl groups is 4. The van der Waals surface area contributed by atoms with Gasteiger partial charge in [0.05, 0.1) is 12.2 Å². The van der Waals surface area contributed by atoms with Crippen molar-refractivity contribution in [2.24, 2.45) is 5.92 Å². The second-order valence-electron chi connectivity index (χ2n) is 4.38. The first kappa shape index (κ1) is 16.2. The van der Waals surface area contributed by atoms with E-state index < -0.39 is 29.9 Å². The van der Waals surface area contributed by atoms with Crippen molar-refractivity contribution < 1.29 is 30.0 Å². The lowest BCUT2D eigenvalue weighted by Crippen LogP contribution is -2.40. The molecule has 0 aromatic heterocycles. The van der Waals surface area contributed by atoms with Crippen molar-refractivity contribution in [3.8, 4) is 0 Å². The molecule has 4 N–H and O–H groups in total. The van der Waals surface area contributed by atoms with Crippen LogP contribution >= 0.6 is 0 Å². The number of Topliss-reactive ketones (excluding diaryl/α,β-unsaturated/α-hetero) is 2. The first-order valence-electron chi connectivity index (χ1n) is 5.51. The van der Waals surface area contributed by atoms with Crippen molar-refractivity contribution in [2.45, 2.75) is 45.0 Å². The molecule has 0 saturated carbocycles. The van der Waals surface area contributed by atoms with Crippen LogP contribution in [0.4, 0.5) is 0 Å². The van der Waals surface area contributed by atoms with Crippen molar-refractivity contribution in [1.29, 1.82) is 0 Å². The van der Waals surface area contributed by atoms with E-state index in [4.69, 9.17) is 10.2 Å². The smallest absolute Gasteiger partial charge is 0.229 e. The maximum atomic E-state index is 11.4. The Bertz CT molecular complexity index is 263. The summed E-state index contributed by atoms with van der Waals surface area (Å²) in [4.78, 5) is 22.7. The first-order chi connectivity index (χ1) is 7.79. The molecular formula is C11H20O6. The van der Waals surface area contributed by atoms with E-state index in [1.165, 1.54) is 6.92 Å². The molecule has 0 fully saturated rings. The van der Waals surface area contributed by atoms with Gasteiger partial charge in [0, 0.05) is 19.4 Å². The minimum absolute atomic E-state index is 0.173. The zero-order chi connectivity index (χ0) is 13.6. The van der Waals surface area contributed by atoms with E-state index in [1.807, 2.05) is 0 Å². The Balaban J connectivity index is 4.33. The summed E-state index contributed by atoms with van der Waals surface area (Å²) in [6.07, 6.45) is -4.51. The SMILES string of the molecule is CC(CO)CC(=O)C(=O)[C@H](O)[C@@H](O)C[C@@H](C)O. The van der Waals surface area contributed by atoms with E-state index in [1.54, 1.807) is 6.92 Å². The van der Waals surface area contributed by atoms with Gasteiger partial charge >= 0.3 is 0 Å². The van der Waals surface area contributed by atoms with E-state index in [2.05, 4.69) is 0 Å². The highest BCUT2D eigenvalue weighted by Gasteiger charge is 2.30. The third kappa shape index (κ3) is 5.88. The fraction of sp³-hybridized carbons (Fsp3) is 0.818. The number of hydrogen-bond donors (Lipinski definition) is 4. The maximum Gasteiger partial charge on any atom is 0.229 e. The van der Waals surface area contributed by atoms with Crippen LogP contribution in [-0.2, 0) is 9.59 Å². The van der Waals surface area contributed by atoms with Crippen molar-refractivity contribution in [3.05, 3.63) is 0 Å². The van der Waals surface area contributed by atoms with Gasteiger partial charge in [-0.15, -0.1) is 0 Å². The average Bonchev–Trinajstić information content (AvgIpc) is 2.25. The van der Waals surface area contributed by atoms with Crippen molar-refractivity contribution in [2.75, 3.05) is 6.61 Å². The van der Waals surface area contributed by atoms with Crippen LogP contribution in [0.5, 0.6) is 0 Å². The highest BCUT2D eigenvalue weighted by atomic mass is 16.3. The number of aliphatic hydroxyl groups excluding tert-OH is 4. The Labute approximate surface area is 99.9 Å². The zero-order valence-electron chi connectivity index (χ0n) is 10.0. The van der Waals surface area contributed by atoms with Crippen LogP contribution in [0.15, 0.2) is 0 Å². The second kappa shape index (κ2) is 7.50. The first-order valence-corrected chi connectivity index (χ1v) is 5.51. The highest BCUT2D eigenvalue weighted by Crippen LogP contribution is 2.08. The Morgan fingerprint density at radius 1 is 1.12 bits per heavy atom. The van der Waals surface area contributed by atoms with Crippen molar-refractivity contribution >= 4 is 11.6 Å². The molecule has 0 aliphatic heterocycles. The van der Waals surface area contributed by atoms with Crippen LogP contribution in [0.3, 0.4) is 0 Å². The Morgan fingerprint density at radius 2 is 1.65 bits per heavy atom. The Morgan fingerprint density at radius 3 is 2.06 bits per heavy atom. The van der Waals surface area contributed by atoms with E-state index >= 15 is 0 Å². The van der Waals surface area contributed by atoms with Crippen molar-refractivity contribution in [1.82, 2.24) is 0 Å². The van der Waals surface area contributed by atoms with Crippen LogP contribution in [0, 0.1) is 5.92 Å². The van der Waals surface area contributed by atoms with Gasteiger partial charge in [-0.1, -0.05) is 6.92 Å². The quantitative estimate of drug-likeness (QED) is 0.394. The number of carbonyl (C=O) groups excluding carboxylic acids is 2.